The van der Waals surface area contributed by atoms with Crippen molar-refractivity contribution in [3.8, 4) is 0 Å². The zero-order valence-corrected chi connectivity index (χ0v) is 5.89. The number of rotatable bonds is 2. The summed E-state index contributed by atoms with van der Waals surface area (Å²) in [7, 11) is 0. The monoisotopic (exact) mass is 248 g/mol. The first kappa shape index (κ1) is 5.51. The van der Waals surface area contributed by atoms with Crippen molar-refractivity contribution in [3.05, 3.63) is 0 Å². The van der Waals surface area contributed by atoms with Crippen molar-refractivity contribution in [2.24, 2.45) is 0 Å². The summed E-state index contributed by atoms with van der Waals surface area (Å²) < 4.78 is 2.21. The van der Waals surface area contributed by atoms with Crippen molar-refractivity contribution in [2.75, 3.05) is 0 Å². The summed E-state index contributed by atoms with van der Waals surface area (Å²) in [6.07, 6.45) is 2.57. The third-order valence-electron chi connectivity index (χ3n) is 0.391. The van der Waals surface area contributed by atoms with Gasteiger partial charge in [-0.05, 0) is 0 Å². The summed E-state index contributed by atoms with van der Waals surface area (Å²) in [5.41, 5.74) is 0. The molecule has 0 rings (SSSR count). The Morgan fingerprint density at radius 1 is 1.80 bits per heavy atom. The SMILES string of the molecule is CCC[CH]=[Os]. The first-order valence-corrected chi connectivity index (χ1v) is 3.29. The Balaban J connectivity index is 2.40. The van der Waals surface area contributed by atoms with Crippen LogP contribution in [0.25, 0.3) is 0 Å². The fourth-order valence-electron chi connectivity index (χ4n) is 0.102. The Labute approximate surface area is 43.0 Å². The van der Waals surface area contributed by atoms with E-state index in [2.05, 4.69) is 11.5 Å². The zero-order valence-electron chi connectivity index (χ0n) is 3.35. The molecule has 0 radical (unpaired) electrons. The van der Waals surface area contributed by atoms with Gasteiger partial charge in [-0.1, -0.05) is 0 Å². The molecule has 32 valence electrons. The van der Waals surface area contributed by atoms with Gasteiger partial charge < -0.3 is 0 Å². The number of unbranched alkanes of at least 4 members (excludes halogenated alkanes) is 1. The van der Waals surface area contributed by atoms with Gasteiger partial charge >= 0.3 is 42.5 Å². The van der Waals surface area contributed by atoms with Gasteiger partial charge in [0.2, 0.25) is 0 Å². The zero-order chi connectivity index (χ0) is 4.12. The van der Waals surface area contributed by atoms with E-state index in [0.717, 1.165) is 0 Å². The van der Waals surface area contributed by atoms with Crippen LogP contribution in [0.5, 0.6) is 0 Å². The first-order valence-electron chi connectivity index (χ1n) is 1.82. The minimum absolute atomic E-state index is 1.28. The van der Waals surface area contributed by atoms with E-state index in [9.17, 15) is 0 Å². The van der Waals surface area contributed by atoms with Crippen molar-refractivity contribution < 1.29 is 18.1 Å². The average molecular weight is 246 g/mol. The molecule has 0 aliphatic rings. The van der Waals surface area contributed by atoms with Gasteiger partial charge in [-0.25, -0.2) is 0 Å². The van der Waals surface area contributed by atoms with Crippen LogP contribution in [0.1, 0.15) is 19.8 Å². The van der Waals surface area contributed by atoms with Crippen LogP contribution in [0.2, 0.25) is 0 Å². The maximum atomic E-state index is 2.21. The van der Waals surface area contributed by atoms with Crippen LogP contribution in [0.3, 0.4) is 0 Å². The quantitative estimate of drug-likeness (QED) is 0.685. The van der Waals surface area contributed by atoms with Crippen LogP contribution in [0.4, 0.5) is 0 Å². The average Bonchev–Trinajstić information content (AvgIpc) is 1.41. The Morgan fingerprint density at radius 3 is 2.40 bits per heavy atom. The molecule has 0 nitrogen and oxygen atoms in total. The summed E-state index contributed by atoms with van der Waals surface area (Å²) in [6.45, 7) is 2.18. The third kappa shape index (κ3) is 4.51. The summed E-state index contributed by atoms with van der Waals surface area (Å²) in [5.74, 6) is 0. The maximum absolute atomic E-state index is 2.21. The van der Waals surface area contributed by atoms with Crippen molar-refractivity contribution in [2.45, 2.75) is 19.8 Å². The standard InChI is InChI=1S/C4H8.Os/c1-3-4-2;/h1H,3-4H2,2H3;. The van der Waals surface area contributed by atoms with E-state index in [1.165, 1.54) is 12.8 Å². The second-order valence-electron chi connectivity index (χ2n) is 0.933. The first-order chi connectivity index (χ1) is 2.41. The minimum atomic E-state index is 1.28. The van der Waals surface area contributed by atoms with E-state index in [1.807, 2.05) is 18.1 Å². The molecule has 5 heavy (non-hydrogen) atoms. The van der Waals surface area contributed by atoms with Gasteiger partial charge in [-0.3, -0.25) is 0 Å². The van der Waals surface area contributed by atoms with Gasteiger partial charge in [-0.15, -0.1) is 0 Å². The normalized spacial score (nSPS) is 7.60. The summed E-state index contributed by atoms with van der Waals surface area (Å²) in [6, 6.07) is 0. The molecular weight excluding hydrogens is 238 g/mol. The Kier molecular flexibility index (Phi) is 4.96. The molecule has 0 unspecified atom stereocenters. The Bertz CT molecular complexity index is 24.8. The molecule has 0 fully saturated rings. The van der Waals surface area contributed by atoms with Gasteiger partial charge in [-0.2, -0.15) is 0 Å². The molecule has 0 spiro atoms. The van der Waals surface area contributed by atoms with Crippen LogP contribution >= 0.6 is 0 Å². The Hall–Kier alpha value is 0.506. The molecular formula is C4H8Os. The predicted octanol–water partition coefficient (Wildman–Crippen LogP) is 1.14. The molecule has 0 aromatic carbocycles. The fraction of sp³-hybridized carbons (Fsp3) is 0.750. The second-order valence-corrected chi connectivity index (χ2v) is 1.97. The molecule has 1 heteroatoms. The number of hydrogen-bond acceptors (Lipinski definition) is 0. The predicted molar refractivity (Wildman–Crippen MR) is 21.0 cm³/mol. The molecule has 0 aromatic rings. The van der Waals surface area contributed by atoms with Crippen LogP contribution < -0.4 is 0 Å². The molecule has 0 bridgehead atoms. The van der Waals surface area contributed by atoms with E-state index in [1.54, 1.807) is 0 Å². The van der Waals surface area contributed by atoms with Gasteiger partial charge in [0.25, 0.3) is 0 Å². The van der Waals surface area contributed by atoms with Crippen molar-refractivity contribution >= 4 is 4.57 Å². The second kappa shape index (κ2) is 4.51. The van der Waals surface area contributed by atoms with Crippen molar-refractivity contribution in [3.63, 3.8) is 0 Å². The molecule has 0 aromatic heterocycles. The molecule has 0 atom stereocenters. The van der Waals surface area contributed by atoms with E-state index in [4.69, 9.17) is 0 Å². The number of hydrogen-bond donors (Lipinski definition) is 0. The molecule has 0 amide bonds. The third-order valence-corrected chi connectivity index (χ3v) is 1.12. The van der Waals surface area contributed by atoms with E-state index >= 15 is 0 Å². The van der Waals surface area contributed by atoms with Crippen molar-refractivity contribution in [1.82, 2.24) is 0 Å². The van der Waals surface area contributed by atoms with Crippen LogP contribution in [0, 0.1) is 0 Å². The molecule has 0 heterocycles. The summed E-state index contributed by atoms with van der Waals surface area (Å²) in [5, 5.41) is 0. The van der Waals surface area contributed by atoms with Gasteiger partial charge in [0.15, 0.2) is 0 Å². The van der Waals surface area contributed by atoms with E-state index in [-0.39, 0.29) is 0 Å². The molecule has 0 aliphatic heterocycles. The molecule has 0 saturated heterocycles. The van der Waals surface area contributed by atoms with Gasteiger partial charge in [0, 0.05) is 0 Å². The van der Waals surface area contributed by atoms with Crippen LogP contribution in [-0.4, -0.2) is 4.57 Å². The van der Waals surface area contributed by atoms with E-state index < -0.39 is 0 Å². The summed E-state index contributed by atoms with van der Waals surface area (Å²) >= 11 is 1.92. The topological polar surface area (TPSA) is 0 Å². The Morgan fingerprint density at radius 2 is 2.40 bits per heavy atom. The van der Waals surface area contributed by atoms with Crippen LogP contribution in [-0.2, 0) is 18.1 Å². The van der Waals surface area contributed by atoms with E-state index in [0.29, 0.717) is 0 Å². The molecule has 0 saturated carbocycles. The summed E-state index contributed by atoms with van der Waals surface area (Å²) in [4.78, 5) is 0. The fourth-order valence-corrected chi connectivity index (χ4v) is 0.835. The van der Waals surface area contributed by atoms with Crippen LogP contribution in [0.15, 0.2) is 0 Å². The molecule has 0 aliphatic carbocycles. The van der Waals surface area contributed by atoms with Gasteiger partial charge in [0.1, 0.15) is 0 Å². The van der Waals surface area contributed by atoms with Gasteiger partial charge in [0.05, 0.1) is 0 Å². The van der Waals surface area contributed by atoms with Crippen molar-refractivity contribution in [1.29, 1.82) is 0 Å². The molecule has 0 N–H and O–H groups in total.